The third-order valence-corrected chi connectivity index (χ3v) is 3.28. The molecule has 0 aliphatic carbocycles. The lowest BCUT2D eigenvalue weighted by atomic mass is 10.1. The number of hydrogen-bond acceptors (Lipinski definition) is 2. The number of carbonyl (C=O) groups is 1. The third-order valence-electron chi connectivity index (χ3n) is 3.04. The van der Waals surface area contributed by atoms with Crippen molar-refractivity contribution in [2.24, 2.45) is 13.0 Å². The second-order valence-corrected chi connectivity index (χ2v) is 5.54. The van der Waals surface area contributed by atoms with Gasteiger partial charge in [-0.1, -0.05) is 25.4 Å². The second kappa shape index (κ2) is 5.61. The number of nitrogens with one attached hydrogen (secondary N) is 1. The predicted octanol–water partition coefficient (Wildman–Crippen LogP) is 3.60. The molecule has 0 fully saturated rings. The Labute approximate surface area is 117 Å². The van der Waals surface area contributed by atoms with Gasteiger partial charge in [-0.15, -0.1) is 0 Å². The number of imidazole rings is 1. The smallest absolute Gasteiger partial charge is 0.226 e. The maximum absolute atomic E-state index is 11.8. The molecule has 2 rings (SSSR count). The van der Waals surface area contributed by atoms with E-state index in [0.29, 0.717) is 23.3 Å². The fourth-order valence-electron chi connectivity index (χ4n) is 1.89. The molecule has 102 valence electrons. The summed E-state index contributed by atoms with van der Waals surface area (Å²) in [7, 11) is 1.88. The molecule has 0 atom stereocenters. The maximum Gasteiger partial charge on any atom is 0.226 e. The van der Waals surface area contributed by atoms with Gasteiger partial charge in [-0.05, 0) is 30.5 Å². The highest BCUT2D eigenvalue weighted by Crippen LogP contribution is 2.22. The van der Waals surface area contributed by atoms with Gasteiger partial charge < -0.3 is 4.57 Å². The largest absolute Gasteiger partial charge is 0.313 e. The molecule has 0 spiro atoms. The second-order valence-electron chi connectivity index (χ2n) is 5.11. The SMILES string of the molecule is CC(C)CCC(=O)Nc1nc2cc(Cl)ccc2n1C. The summed E-state index contributed by atoms with van der Waals surface area (Å²) in [6, 6.07) is 5.50. The molecule has 2 aromatic rings. The van der Waals surface area contributed by atoms with E-state index in [1.807, 2.05) is 23.7 Å². The number of anilines is 1. The maximum atomic E-state index is 11.8. The van der Waals surface area contributed by atoms with Gasteiger partial charge in [0.1, 0.15) is 0 Å². The molecule has 0 aliphatic heterocycles. The summed E-state index contributed by atoms with van der Waals surface area (Å²) in [5.41, 5.74) is 1.73. The highest BCUT2D eigenvalue weighted by Gasteiger charge is 2.11. The van der Waals surface area contributed by atoms with Crippen LogP contribution in [0.5, 0.6) is 0 Å². The van der Waals surface area contributed by atoms with Gasteiger partial charge in [0, 0.05) is 18.5 Å². The average molecular weight is 280 g/mol. The Bertz CT molecular complexity index is 604. The summed E-state index contributed by atoms with van der Waals surface area (Å²) in [6.07, 6.45) is 1.39. The minimum atomic E-state index is -0.00166. The van der Waals surface area contributed by atoms with E-state index in [9.17, 15) is 4.79 Å². The van der Waals surface area contributed by atoms with Crippen molar-refractivity contribution in [3.05, 3.63) is 23.2 Å². The van der Waals surface area contributed by atoms with Gasteiger partial charge in [0.2, 0.25) is 11.9 Å². The van der Waals surface area contributed by atoms with Gasteiger partial charge in [-0.25, -0.2) is 4.98 Å². The number of aryl methyl sites for hydroxylation is 1. The number of rotatable bonds is 4. The van der Waals surface area contributed by atoms with Crippen LogP contribution in [0.25, 0.3) is 11.0 Å². The lowest BCUT2D eigenvalue weighted by molar-refractivity contribution is -0.116. The van der Waals surface area contributed by atoms with Crippen LogP contribution >= 0.6 is 11.6 Å². The van der Waals surface area contributed by atoms with Crippen LogP contribution in [0.1, 0.15) is 26.7 Å². The number of carbonyl (C=O) groups excluding carboxylic acids is 1. The Morgan fingerprint density at radius 3 is 2.89 bits per heavy atom. The zero-order valence-corrected chi connectivity index (χ0v) is 12.2. The monoisotopic (exact) mass is 279 g/mol. The van der Waals surface area contributed by atoms with Gasteiger partial charge in [-0.2, -0.15) is 0 Å². The molecule has 5 heteroatoms. The standard InChI is InChI=1S/C14H18ClN3O/c1-9(2)4-7-13(19)17-14-16-11-8-10(15)5-6-12(11)18(14)3/h5-6,8-9H,4,7H2,1-3H3,(H,16,17,19). The van der Waals surface area contributed by atoms with E-state index in [1.54, 1.807) is 6.07 Å². The van der Waals surface area contributed by atoms with Gasteiger partial charge >= 0.3 is 0 Å². The van der Waals surface area contributed by atoms with Crippen LogP contribution in [0.15, 0.2) is 18.2 Å². The summed E-state index contributed by atoms with van der Waals surface area (Å²) in [6.45, 7) is 4.20. The first kappa shape index (κ1) is 13.9. The number of benzene rings is 1. The topological polar surface area (TPSA) is 46.9 Å². The molecule has 0 saturated heterocycles. The molecule has 0 radical (unpaired) electrons. The van der Waals surface area contributed by atoms with E-state index < -0.39 is 0 Å². The normalized spacial score (nSPS) is 11.2. The van der Waals surface area contributed by atoms with Gasteiger partial charge in [-0.3, -0.25) is 10.1 Å². The summed E-state index contributed by atoms with van der Waals surface area (Å²) in [5, 5.41) is 3.49. The van der Waals surface area contributed by atoms with Crippen molar-refractivity contribution in [2.45, 2.75) is 26.7 Å². The Morgan fingerprint density at radius 1 is 1.47 bits per heavy atom. The van der Waals surface area contributed by atoms with E-state index in [2.05, 4.69) is 24.1 Å². The molecular weight excluding hydrogens is 262 g/mol. The zero-order valence-electron chi connectivity index (χ0n) is 11.4. The van der Waals surface area contributed by atoms with Crippen molar-refractivity contribution in [1.29, 1.82) is 0 Å². The number of nitrogens with zero attached hydrogens (tertiary/aromatic N) is 2. The van der Waals surface area contributed by atoms with Gasteiger partial charge in [0.15, 0.2) is 0 Å². The zero-order chi connectivity index (χ0) is 14.0. The lowest BCUT2D eigenvalue weighted by Crippen LogP contribution is -2.15. The number of halogens is 1. The molecule has 0 bridgehead atoms. The number of amides is 1. The summed E-state index contributed by atoms with van der Waals surface area (Å²) in [5.74, 6) is 1.08. The van der Waals surface area contributed by atoms with Crippen molar-refractivity contribution in [1.82, 2.24) is 9.55 Å². The van der Waals surface area contributed by atoms with Crippen LogP contribution in [0, 0.1) is 5.92 Å². The molecule has 4 nitrogen and oxygen atoms in total. The van der Waals surface area contributed by atoms with Crippen LogP contribution in [-0.2, 0) is 11.8 Å². The van der Waals surface area contributed by atoms with Gasteiger partial charge in [0.25, 0.3) is 0 Å². The fraction of sp³-hybridized carbons (Fsp3) is 0.429. The van der Waals surface area contributed by atoms with Crippen LogP contribution in [0.3, 0.4) is 0 Å². The quantitative estimate of drug-likeness (QED) is 0.929. The highest BCUT2D eigenvalue weighted by molar-refractivity contribution is 6.31. The molecule has 1 amide bonds. The van der Waals surface area contributed by atoms with Crippen LogP contribution in [0.2, 0.25) is 5.02 Å². The molecule has 0 saturated carbocycles. The van der Waals surface area contributed by atoms with Crippen LogP contribution in [0.4, 0.5) is 5.95 Å². The summed E-state index contributed by atoms with van der Waals surface area (Å²) in [4.78, 5) is 16.2. The van der Waals surface area contributed by atoms with Crippen molar-refractivity contribution in [2.75, 3.05) is 5.32 Å². The first-order valence-electron chi connectivity index (χ1n) is 6.39. The van der Waals surface area contributed by atoms with Crippen molar-refractivity contribution in [3.8, 4) is 0 Å². The molecule has 19 heavy (non-hydrogen) atoms. The minimum Gasteiger partial charge on any atom is -0.313 e. The Balaban J connectivity index is 2.17. The Morgan fingerprint density at radius 2 is 2.21 bits per heavy atom. The summed E-state index contributed by atoms with van der Waals surface area (Å²) >= 11 is 5.93. The number of aromatic nitrogens is 2. The van der Waals surface area contributed by atoms with Crippen LogP contribution in [-0.4, -0.2) is 15.5 Å². The molecule has 1 heterocycles. The molecule has 1 aromatic heterocycles. The number of fused-ring (bicyclic) bond motifs is 1. The molecular formula is C14H18ClN3O. The van der Waals surface area contributed by atoms with Crippen molar-refractivity contribution >= 4 is 34.5 Å². The highest BCUT2D eigenvalue weighted by atomic mass is 35.5. The molecule has 0 aliphatic rings. The average Bonchev–Trinajstić information content (AvgIpc) is 2.63. The fourth-order valence-corrected chi connectivity index (χ4v) is 2.06. The van der Waals surface area contributed by atoms with Crippen molar-refractivity contribution in [3.63, 3.8) is 0 Å². The predicted molar refractivity (Wildman–Crippen MR) is 78.4 cm³/mol. The van der Waals surface area contributed by atoms with E-state index in [4.69, 9.17) is 11.6 Å². The third kappa shape index (κ3) is 3.26. The molecule has 1 N–H and O–H groups in total. The van der Waals surface area contributed by atoms with E-state index in [1.165, 1.54) is 0 Å². The first-order valence-corrected chi connectivity index (χ1v) is 6.77. The Kier molecular flexibility index (Phi) is 4.10. The van der Waals surface area contributed by atoms with Crippen molar-refractivity contribution < 1.29 is 4.79 Å². The van der Waals surface area contributed by atoms with E-state index in [0.717, 1.165) is 17.5 Å². The van der Waals surface area contributed by atoms with E-state index in [-0.39, 0.29) is 5.91 Å². The number of hydrogen-bond donors (Lipinski definition) is 1. The first-order chi connectivity index (χ1) is 8.97. The van der Waals surface area contributed by atoms with Gasteiger partial charge in [0.05, 0.1) is 11.0 Å². The van der Waals surface area contributed by atoms with Crippen LogP contribution < -0.4 is 5.32 Å². The lowest BCUT2D eigenvalue weighted by Gasteiger charge is -2.06. The Hall–Kier alpha value is -1.55. The minimum absolute atomic E-state index is 0.00166. The molecule has 0 unspecified atom stereocenters. The van der Waals surface area contributed by atoms with E-state index >= 15 is 0 Å². The molecule has 1 aromatic carbocycles. The summed E-state index contributed by atoms with van der Waals surface area (Å²) < 4.78 is 1.86.